The highest BCUT2D eigenvalue weighted by atomic mass is 19.1. The van der Waals surface area contributed by atoms with Gasteiger partial charge in [0.1, 0.15) is 5.82 Å². The summed E-state index contributed by atoms with van der Waals surface area (Å²) >= 11 is 0. The Morgan fingerprint density at radius 3 is 2.68 bits per heavy atom. The Labute approximate surface area is 166 Å². The first kappa shape index (κ1) is 18.7. The van der Waals surface area contributed by atoms with Gasteiger partial charge in [0.15, 0.2) is 0 Å². The SMILES string of the molecule is CN(C)C1CCN(c2ccc(NCc3ccc4cccnc4c3)cc2F)CC1. The quantitative estimate of drug-likeness (QED) is 0.707. The first-order valence-corrected chi connectivity index (χ1v) is 9.88. The van der Waals surface area contributed by atoms with Crippen LogP contribution in [0.1, 0.15) is 18.4 Å². The van der Waals surface area contributed by atoms with E-state index in [9.17, 15) is 4.39 Å². The summed E-state index contributed by atoms with van der Waals surface area (Å²) in [7, 11) is 4.24. The molecule has 0 radical (unpaired) electrons. The summed E-state index contributed by atoms with van der Waals surface area (Å²) in [5.74, 6) is -0.159. The molecule has 3 aromatic rings. The minimum Gasteiger partial charge on any atom is -0.381 e. The standard InChI is InChI=1S/C23H27FN4/c1-27(2)20-9-12-28(13-10-20)23-8-7-19(15-21(23)24)26-16-17-5-6-18-4-3-11-25-22(18)14-17/h3-8,11,14-15,20,26H,9-10,12-13,16H2,1-2H3. The Hall–Kier alpha value is -2.66. The number of rotatable bonds is 5. The number of hydrogen-bond acceptors (Lipinski definition) is 4. The van der Waals surface area contributed by atoms with Crippen LogP contribution < -0.4 is 10.2 Å². The maximum atomic E-state index is 14.7. The molecule has 4 nitrogen and oxygen atoms in total. The van der Waals surface area contributed by atoms with Gasteiger partial charge in [0.05, 0.1) is 11.2 Å². The second kappa shape index (κ2) is 8.15. The van der Waals surface area contributed by atoms with Crippen molar-refractivity contribution in [3.05, 3.63) is 66.1 Å². The predicted octanol–water partition coefficient (Wildman–Crippen LogP) is 4.52. The maximum Gasteiger partial charge on any atom is 0.148 e. The van der Waals surface area contributed by atoms with Crippen LogP contribution in [-0.2, 0) is 6.54 Å². The molecule has 1 aliphatic heterocycles. The molecule has 0 aliphatic carbocycles. The summed E-state index contributed by atoms with van der Waals surface area (Å²) in [4.78, 5) is 8.82. The van der Waals surface area contributed by atoms with Gasteiger partial charge in [0.2, 0.25) is 0 Å². The number of benzene rings is 2. The van der Waals surface area contributed by atoms with E-state index in [0.717, 1.165) is 48.1 Å². The number of nitrogens with zero attached hydrogens (tertiary/aromatic N) is 3. The fraction of sp³-hybridized carbons (Fsp3) is 0.348. The van der Waals surface area contributed by atoms with Gasteiger partial charge in [-0.15, -0.1) is 0 Å². The van der Waals surface area contributed by atoms with Gasteiger partial charge in [-0.05, 0) is 62.8 Å². The van der Waals surface area contributed by atoms with E-state index in [1.165, 1.54) is 0 Å². The normalized spacial score (nSPS) is 15.4. The molecule has 1 aromatic heterocycles. The number of pyridine rings is 1. The molecule has 28 heavy (non-hydrogen) atoms. The third-order valence-corrected chi connectivity index (χ3v) is 5.65. The summed E-state index contributed by atoms with van der Waals surface area (Å²) < 4.78 is 14.7. The molecule has 0 atom stereocenters. The Bertz CT molecular complexity index is 948. The van der Waals surface area contributed by atoms with E-state index in [1.807, 2.05) is 18.2 Å². The molecule has 1 saturated heterocycles. The second-order valence-corrected chi connectivity index (χ2v) is 7.73. The molecule has 0 bridgehead atoms. The Kier molecular flexibility index (Phi) is 5.44. The zero-order valence-electron chi connectivity index (χ0n) is 16.5. The van der Waals surface area contributed by atoms with Crippen molar-refractivity contribution in [3.63, 3.8) is 0 Å². The van der Waals surface area contributed by atoms with E-state index < -0.39 is 0 Å². The van der Waals surface area contributed by atoms with E-state index >= 15 is 0 Å². The fourth-order valence-corrected chi connectivity index (χ4v) is 3.92. The lowest BCUT2D eigenvalue weighted by molar-refractivity contribution is 0.249. The molecule has 1 N–H and O–H groups in total. The molecule has 0 saturated carbocycles. The zero-order valence-corrected chi connectivity index (χ0v) is 16.5. The lowest BCUT2D eigenvalue weighted by atomic mass is 10.0. The topological polar surface area (TPSA) is 31.4 Å². The highest BCUT2D eigenvalue weighted by Crippen LogP contribution is 2.27. The summed E-state index contributed by atoms with van der Waals surface area (Å²) in [6.07, 6.45) is 3.94. The average molecular weight is 378 g/mol. The van der Waals surface area contributed by atoms with Gasteiger partial charge in [-0.25, -0.2) is 4.39 Å². The number of piperidine rings is 1. The molecular weight excluding hydrogens is 351 g/mol. The van der Waals surface area contributed by atoms with Gasteiger partial charge in [0, 0.05) is 42.9 Å². The van der Waals surface area contributed by atoms with Crippen molar-refractivity contribution >= 4 is 22.3 Å². The van der Waals surface area contributed by atoms with Crippen LogP contribution in [0.5, 0.6) is 0 Å². The minimum absolute atomic E-state index is 0.159. The molecule has 1 fully saturated rings. The van der Waals surface area contributed by atoms with Crippen LogP contribution in [0.15, 0.2) is 54.7 Å². The predicted molar refractivity (Wildman–Crippen MR) is 114 cm³/mol. The van der Waals surface area contributed by atoms with Crippen LogP contribution in [0.3, 0.4) is 0 Å². The number of nitrogens with one attached hydrogen (secondary N) is 1. The molecule has 4 rings (SSSR count). The van der Waals surface area contributed by atoms with Crippen molar-refractivity contribution in [1.82, 2.24) is 9.88 Å². The highest BCUT2D eigenvalue weighted by Gasteiger charge is 2.22. The Morgan fingerprint density at radius 1 is 1.11 bits per heavy atom. The lowest BCUT2D eigenvalue weighted by Gasteiger charge is -2.36. The van der Waals surface area contributed by atoms with Crippen molar-refractivity contribution in [3.8, 4) is 0 Å². The largest absolute Gasteiger partial charge is 0.381 e. The number of halogens is 1. The molecule has 5 heteroatoms. The van der Waals surface area contributed by atoms with Gasteiger partial charge in [-0.2, -0.15) is 0 Å². The van der Waals surface area contributed by atoms with Crippen molar-refractivity contribution in [1.29, 1.82) is 0 Å². The van der Waals surface area contributed by atoms with Crippen molar-refractivity contribution in [2.24, 2.45) is 0 Å². The summed E-state index contributed by atoms with van der Waals surface area (Å²) in [5.41, 5.74) is 3.61. The van der Waals surface area contributed by atoms with Gasteiger partial charge in [-0.1, -0.05) is 18.2 Å². The van der Waals surface area contributed by atoms with Crippen LogP contribution in [0.25, 0.3) is 10.9 Å². The second-order valence-electron chi connectivity index (χ2n) is 7.73. The first-order valence-electron chi connectivity index (χ1n) is 9.88. The van der Waals surface area contributed by atoms with E-state index in [4.69, 9.17) is 0 Å². The summed E-state index contributed by atoms with van der Waals surface area (Å²) in [5, 5.41) is 4.45. The van der Waals surface area contributed by atoms with Crippen molar-refractivity contribution in [2.75, 3.05) is 37.4 Å². The van der Waals surface area contributed by atoms with Gasteiger partial charge < -0.3 is 15.1 Å². The summed E-state index contributed by atoms with van der Waals surface area (Å²) in [6.45, 7) is 2.44. The highest BCUT2D eigenvalue weighted by molar-refractivity contribution is 5.78. The Morgan fingerprint density at radius 2 is 1.93 bits per heavy atom. The van der Waals surface area contributed by atoms with Crippen molar-refractivity contribution in [2.45, 2.75) is 25.4 Å². The number of anilines is 2. The number of fused-ring (bicyclic) bond motifs is 1. The molecule has 0 amide bonds. The maximum absolute atomic E-state index is 14.7. The van der Waals surface area contributed by atoms with Crippen LogP contribution in [0.2, 0.25) is 0 Å². The average Bonchev–Trinajstić information content (AvgIpc) is 2.72. The molecule has 2 heterocycles. The third-order valence-electron chi connectivity index (χ3n) is 5.65. The van der Waals surface area contributed by atoms with Gasteiger partial charge in [0.25, 0.3) is 0 Å². The Balaban J connectivity index is 1.40. The lowest BCUT2D eigenvalue weighted by Crippen LogP contribution is -2.42. The number of aromatic nitrogens is 1. The van der Waals surface area contributed by atoms with Crippen LogP contribution in [0, 0.1) is 5.82 Å². The smallest absolute Gasteiger partial charge is 0.148 e. The first-order chi connectivity index (χ1) is 13.6. The molecule has 0 spiro atoms. The van der Waals surface area contributed by atoms with E-state index in [1.54, 1.807) is 12.3 Å². The van der Waals surface area contributed by atoms with Gasteiger partial charge >= 0.3 is 0 Å². The van der Waals surface area contributed by atoms with E-state index in [2.05, 4.69) is 58.5 Å². The zero-order chi connectivity index (χ0) is 19.5. The number of hydrogen-bond donors (Lipinski definition) is 1. The molecule has 146 valence electrons. The van der Waals surface area contributed by atoms with Crippen molar-refractivity contribution < 1.29 is 4.39 Å². The van der Waals surface area contributed by atoms with Crippen LogP contribution in [0.4, 0.5) is 15.8 Å². The third kappa shape index (κ3) is 4.09. The van der Waals surface area contributed by atoms with Crippen LogP contribution >= 0.6 is 0 Å². The fourth-order valence-electron chi connectivity index (χ4n) is 3.92. The monoisotopic (exact) mass is 378 g/mol. The minimum atomic E-state index is -0.159. The molecular formula is C23H27FN4. The summed E-state index contributed by atoms with van der Waals surface area (Å²) in [6, 6.07) is 16.3. The van der Waals surface area contributed by atoms with E-state index in [-0.39, 0.29) is 5.82 Å². The molecule has 0 unspecified atom stereocenters. The van der Waals surface area contributed by atoms with Gasteiger partial charge in [-0.3, -0.25) is 4.98 Å². The molecule has 2 aromatic carbocycles. The van der Waals surface area contributed by atoms with E-state index in [0.29, 0.717) is 18.3 Å². The molecule has 1 aliphatic rings. The van der Waals surface area contributed by atoms with Crippen LogP contribution in [-0.4, -0.2) is 43.1 Å².